The highest BCUT2D eigenvalue weighted by Gasteiger charge is 2.09. The fraction of sp³-hybridized carbons (Fsp3) is 0.406. The van der Waals surface area contributed by atoms with Crippen molar-refractivity contribution in [2.75, 3.05) is 6.54 Å². The number of aromatic hydroxyl groups is 1. The Morgan fingerprint density at radius 2 is 1.28 bits per heavy atom. The Balaban J connectivity index is 1.98. The molecule has 0 aliphatic carbocycles. The first kappa shape index (κ1) is 30.9. The third kappa shape index (κ3) is 17.3. The van der Waals surface area contributed by atoms with Gasteiger partial charge in [0.15, 0.2) is 0 Å². The molecule has 1 aromatic carbocycles. The van der Waals surface area contributed by atoms with Crippen LogP contribution in [0, 0.1) is 0 Å². The van der Waals surface area contributed by atoms with Crippen LogP contribution in [-0.2, 0) is 0 Å². The number of para-hydroxylation sites is 1. The molecule has 0 heterocycles. The molecule has 3 N–H and O–H groups in total. The summed E-state index contributed by atoms with van der Waals surface area (Å²) in [6.45, 7) is 2.63. The number of aliphatic hydroxyl groups is 1. The second-order valence-corrected chi connectivity index (χ2v) is 8.56. The number of phenols is 1. The quantitative estimate of drug-likeness (QED) is 0.137. The molecule has 1 aromatic rings. The lowest BCUT2D eigenvalue weighted by atomic mass is 10.1. The van der Waals surface area contributed by atoms with Crippen molar-refractivity contribution in [2.24, 2.45) is 0 Å². The summed E-state index contributed by atoms with van der Waals surface area (Å²) in [5.74, 6) is -0.313. The first-order chi connectivity index (χ1) is 17.6. The summed E-state index contributed by atoms with van der Waals surface area (Å²) in [6.07, 6.45) is 34.7. The monoisotopic (exact) mass is 491 g/mol. The van der Waals surface area contributed by atoms with Gasteiger partial charge in [0.1, 0.15) is 5.75 Å². The Labute approximate surface area is 218 Å². The molecule has 0 spiro atoms. The van der Waals surface area contributed by atoms with Gasteiger partial charge in [-0.15, -0.1) is 0 Å². The predicted octanol–water partition coefficient (Wildman–Crippen LogP) is 7.74. The van der Waals surface area contributed by atoms with Gasteiger partial charge in [-0.25, -0.2) is 0 Å². The smallest absolute Gasteiger partial charge is 0.255 e. The van der Waals surface area contributed by atoms with Gasteiger partial charge in [0, 0.05) is 6.54 Å². The zero-order valence-corrected chi connectivity index (χ0v) is 21.9. The van der Waals surface area contributed by atoms with Crippen molar-refractivity contribution < 1.29 is 15.0 Å². The predicted molar refractivity (Wildman–Crippen MR) is 153 cm³/mol. The molecule has 1 amide bonds. The molecule has 1 atom stereocenters. The molecule has 1 unspecified atom stereocenters. The molecule has 0 saturated carbocycles. The molecule has 0 aromatic heterocycles. The molecular weight excluding hydrogens is 446 g/mol. The van der Waals surface area contributed by atoms with Crippen LogP contribution in [0.3, 0.4) is 0 Å². The number of aliphatic hydroxyl groups excluding tert-OH is 1. The molecular formula is C32H45NO3. The van der Waals surface area contributed by atoms with Crippen molar-refractivity contribution >= 4 is 5.91 Å². The van der Waals surface area contributed by atoms with Crippen molar-refractivity contribution in [3.8, 4) is 5.75 Å². The van der Waals surface area contributed by atoms with E-state index in [-0.39, 0.29) is 23.3 Å². The molecule has 196 valence electrons. The second kappa shape index (κ2) is 22.4. The van der Waals surface area contributed by atoms with Gasteiger partial charge >= 0.3 is 0 Å². The minimum atomic E-state index is -0.370. The highest BCUT2D eigenvalue weighted by atomic mass is 16.3. The average Bonchev–Trinajstić information content (AvgIpc) is 2.88. The number of hydrogen-bond donors (Lipinski definition) is 3. The fourth-order valence-electron chi connectivity index (χ4n) is 3.37. The molecule has 0 aliphatic rings. The van der Waals surface area contributed by atoms with E-state index >= 15 is 0 Å². The Bertz CT molecular complexity index is 877. The van der Waals surface area contributed by atoms with Gasteiger partial charge in [-0.3, -0.25) is 4.79 Å². The van der Waals surface area contributed by atoms with E-state index in [2.05, 4.69) is 85.2 Å². The summed E-state index contributed by atoms with van der Waals surface area (Å²) in [6, 6.07) is 6.48. The van der Waals surface area contributed by atoms with Crippen LogP contribution in [0.2, 0.25) is 0 Å². The number of amides is 1. The van der Waals surface area contributed by atoms with Crippen molar-refractivity contribution in [2.45, 2.75) is 77.2 Å². The minimum absolute atomic E-state index is 0.0218. The van der Waals surface area contributed by atoms with Crippen LogP contribution in [0.5, 0.6) is 5.75 Å². The SMILES string of the molecule is CC/C=C\C/C=C\C/C=C\C/C=C\C/C=C\C/C=C\CCC(O)CCCNC(=O)c1ccccc1O. The Morgan fingerprint density at radius 1 is 0.778 bits per heavy atom. The number of hydrogen-bond acceptors (Lipinski definition) is 3. The summed E-state index contributed by atoms with van der Waals surface area (Å²) in [4.78, 5) is 12.0. The highest BCUT2D eigenvalue weighted by molar-refractivity contribution is 5.96. The van der Waals surface area contributed by atoms with Crippen molar-refractivity contribution in [1.82, 2.24) is 5.32 Å². The summed E-state index contributed by atoms with van der Waals surface area (Å²) in [5.41, 5.74) is 0.274. The zero-order chi connectivity index (χ0) is 26.1. The summed E-state index contributed by atoms with van der Waals surface area (Å²) >= 11 is 0. The van der Waals surface area contributed by atoms with E-state index in [1.165, 1.54) is 6.07 Å². The fourth-order valence-corrected chi connectivity index (χ4v) is 3.37. The largest absolute Gasteiger partial charge is 0.507 e. The lowest BCUT2D eigenvalue weighted by Gasteiger charge is -2.10. The molecule has 0 saturated heterocycles. The van der Waals surface area contributed by atoms with Crippen LogP contribution in [0.4, 0.5) is 0 Å². The normalized spacial score (nSPS) is 13.4. The summed E-state index contributed by atoms with van der Waals surface area (Å²) in [5, 5.41) is 22.6. The number of phenolic OH excluding ortho intramolecular Hbond substituents is 1. The molecule has 4 nitrogen and oxygen atoms in total. The first-order valence-corrected chi connectivity index (χ1v) is 13.3. The molecule has 4 heteroatoms. The van der Waals surface area contributed by atoms with Crippen LogP contribution in [0.25, 0.3) is 0 Å². The van der Waals surface area contributed by atoms with Gasteiger partial charge in [0.05, 0.1) is 11.7 Å². The maximum atomic E-state index is 12.0. The molecule has 0 fully saturated rings. The van der Waals surface area contributed by atoms with Crippen LogP contribution >= 0.6 is 0 Å². The van der Waals surface area contributed by atoms with Gasteiger partial charge in [-0.1, -0.05) is 92.0 Å². The number of nitrogens with one attached hydrogen (secondary N) is 1. The third-order valence-corrected chi connectivity index (χ3v) is 5.41. The Morgan fingerprint density at radius 3 is 1.81 bits per heavy atom. The topological polar surface area (TPSA) is 69.6 Å². The molecule has 1 rings (SSSR count). The van der Waals surface area contributed by atoms with Crippen LogP contribution in [0.15, 0.2) is 97.2 Å². The standard InChI is InChI=1S/C32H45NO3/c1-2-3-4-5-6-7-8-9-10-11-12-13-14-15-16-17-18-19-20-24-29(34)25-23-28-33-32(36)30-26-21-22-27-31(30)35/h3-4,6-7,9-10,12-13,15-16,18-19,21-22,26-27,29,34-35H,2,5,8,11,14,17,20,23-25,28H2,1H3,(H,33,36)/b4-3-,7-6-,10-9-,13-12-,16-15-,19-18-. The van der Waals surface area contributed by atoms with Gasteiger partial charge in [0.25, 0.3) is 5.91 Å². The number of benzene rings is 1. The van der Waals surface area contributed by atoms with Gasteiger partial charge in [-0.05, 0) is 76.3 Å². The lowest BCUT2D eigenvalue weighted by Crippen LogP contribution is -2.25. The number of carbonyl (C=O) groups excluding carboxylic acids is 1. The highest BCUT2D eigenvalue weighted by Crippen LogP contribution is 2.15. The van der Waals surface area contributed by atoms with E-state index in [1.807, 2.05) is 0 Å². The summed E-state index contributed by atoms with van der Waals surface area (Å²) in [7, 11) is 0. The van der Waals surface area contributed by atoms with Gasteiger partial charge in [0.2, 0.25) is 0 Å². The number of rotatable bonds is 19. The summed E-state index contributed by atoms with van der Waals surface area (Å²) < 4.78 is 0. The lowest BCUT2D eigenvalue weighted by molar-refractivity contribution is 0.0945. The second-order valence-electron chi connectivity index (χ2n) is 8.56. The zero-order valence-electron chi connectivity index (χ0n) is 21.9. The van der Waals surface area contributed by atoms with Crippen LogP contribution in [-0.4, -0.2) is 28.8 Å². The van der Waals surface area contributed by atoms with Crippen molar-refractivity contribution in [3.05, 3.63) is 103 Å². The van der Waals surface area contributed by atoms with E-state index < -0.39 is 0 Å². The van der Waals surface area contributed by atoms with Crippen molar-refractivity contribution in [1.29, 1.82) is 0 Å². The molecule has 0 bridgehead atoms. The molecule has 0 radical (unpaired) electrons. The van der Waals surface area contributed by atoms with E-state index in [9.17, 15) is 15.0 Å². The van der Waals surface area contributed by atoms with Crippen LogP contribution in [0.1, 0.15) is 81.5 Å². The van der Waals surface area contributed by atoms with E-state index in [0.717, 1.165) is 51.4 Å². The van der Waals surface area contributed by atoms with E-state index in [4.69, 9.17) is 0 Å². The van der Waals surface area contributed by atoms with Crippen LogP contribution < -0.4 is 5.32 Å². The Hall–Kier alpha value is -3.11. The first-order valence-electron chi connectivity index (χ1n) is 13.3. The number of allylic oxidation sites excluding steroid dienone is 12. The van der Waals surface area contributed by atoms with E-state index in [1.54, 1.807) is 18.2 Å². The molecule has 0 aliphatic heterocycles. The minimum Gasteiger partial charge on any atom is -0.507 e. The van der Waals surface area contributed by atoms with Gasteiger partial charge in [-0.2, -0.15) is 0 Å². The molecule has 36 heavy (non-hydrogen) atoms. The Kier molecular flexibility index (Phi) is 19.2. The maximum Gasteiger partial charge on any atom is 0.255 e. The third-order valence-electron chi connectivity index (χ3n) is 5.41. The van der Waals surface area contributed by atoms with E-state index in [0.29, 0.717) is 19.4 Å². The van der Waals surface area contributed by atoms with Gasteiger partial charge < -0.3 is 15.5 Å². The maximum absolute atomic E-state index is 12.0. The average molecular weight is 492 g/mol. The van der Waals surface area contributed by atoms with Crippen molar-refractivity contribution in [3.63, 3.8) is 0 Å². The number of carbonyl (C=O) groups is 1.